The quantitative estimate of drug-likeness (QED) is 0.776. The number of ether oxygens (including phenoxy) is 1. The van der Waals surface area contributed by atoms with E-state index < -0.39 is 11.2 Å². The molecule has 17 heavy (non-hydrogen) atoms. The fourth-order valence-corrected chi connectivity index (χ4v) is 2.40. The molecule has 88 valence electrons. The molecule has 0 bridgehead atoms. The van der Waals surface area contributed by atoms with Gasteiger partial charge in [0.15, 0.2) is 4.90 Å². The maximum atomic E-state index is 11.4. The van der Waals surface area contributed by atoms with Gasteiger partial charge in [-0.2, -0.15) is 0 Å². The first-order valence-corrected chi connectivity index (χ1v) is 6.89. The minimum Gasteiger partial charge on any atom is -0.612 e. The molecule has 0 heterocycles. The van der Waals surface area contributed by atoms with E-state index in [1.807, 2.05) is 55.5 Å². The molecule has 2 aromatic carbocycles. The minimum atomic E-state index is -0.951. The Labute approximate surface area is 104 Å². The molecule has 0 aliphatic rings. The zero-order valence-corrected chi connectivity index (χ0v) is 10.7. The summed E-state index contributed by atoms with van der Waals surface area (Å²) in [5, 5.41) is 0. The summed E-state index contributed by atoms with van der Waals surface area (Å²) < 4.78 is 17.1. The smallest absolute Gasteiger partial charge is 0.155 e. The van der Waals surface area contributed by atoms with Crippen LogP contribution >= 0.6 is 0 Å². The van der Waals surface area contributed by atoms with Gasteiger partial charge in [-0.1, -0.05) is 18.2 Å². The van der Waals surface area contributed by atoms with E-state index in [-0.39, 0.29) is 0 Å². The molecule has 2 rings (SSSR count). The van der Waals surface area contributed by atoms with Gasteiger partial charge in [0.25, 0.3) is 0 Å². The lowest BCUT2D eigenvalue weighted by Gasteiger charge is -2.10. The Morgan fingerprint density at radius 1 is 1.00 bits per heavy atom. The summed E-state index contributed by atoms with van der Waals surface area (Å²) in [4.78, 5) is 0.852. The van der Waals surface area contributed by atoms with Crippen molar-refractivity contribution in [3.8, 4) is 11.5 Å². The largest absolute Gasteiger partial charge is 0.612 e. The molecule has 0 saturated carbocycles. The molecule has 1 atom stereocenters. The molecular formula is C14H14O2S. The Bertz CT molecular complexity index is 495. The molecule has 0 fully saturated rings. The third kappa shape index (κ3) is 3.02. The van der Waals surface area contributed by atoms with E-state index >= 15 is 0 Å². The van der Waals surface area contributed by atoms with Gasteiger partial charge >= 0.3 is 0 Å². The van der Waals surface area contributed by atoms with Crippen LogP contribution in [0, 0.1) is 6.92 Å². The van der Waals surface area contributed by atoms with Gasteiger partial charge in [-0.15, -0.1) is 0 Å². The van der Waals surface area contributed by atoms with Crippen LogP contribution < -0.4 is 4.74 Å². The van der Waals surface area contributed by atoms with Crippen LogP contribution in [0.4, 0.5) is 0 Å². The van der Waals surface area contributed by atoms with Gasteiger partial charge in [0.1, 0.15) is 17.8 Å². The monoisotopic (exact) mass is 246 g/mol. The van der Waals surface area contributed by atoms with E-state index in [9.17, 15) is 4.55 Å². The van der Waals surface area contributed by atoms with Gasteiger partial charge in [0.2, 0.25) is 0 Å². The summed E-state index contributed by atoms with van der Waals surface area (Å²) in [7, 11) is 0. The van der Waals surface area contributed by atoms with Crippen LogP contribution in [0.2, 0.25) is 0 Å². The Morgan fingerprint density at radius 2 is 1.71 bits per heavy atom. The second-order valence-electron chi connectivity index (χ2n) is 3.80. The first-order valence-electron chi connectivity index (χ1n) is 5.34. The van der Waals surface area contributed by atoms with E-state index in [1.165, 1.54) is 0 Å². The molecule has 3 heteroatoms. The number of benzene rings is 2. The lowest BCUT2D eigenvalue weighted by Crippen LogP contribution is -2.00. The Morgan fingerprint density at radius 3 is 2.29 bits per heavy atom. The first-order chi connectivity index (χ1) is 8.16. The van der Waals surface area contributed by atoms with E-state index in [0.29, 0.717) is 0 Å². The summed E-state index contributed by atoms with van der Waals surface area (Å²) in [6.07, 6.45) is 1.68. The van der Waals surface area contributed by atoms with Crippen LogP contribution in [0.25, 0.3) is 0 Å². The standard InChI is InChI=1S/C14H14O2S/c1-11-10-13(8-9-14(11)17(2)15)16-12-6-4-3-5-7-12/h3-10H,1-2H3. The van der Waals surface area contributed by atoms with Crippen LogP contribution in [0.15, 0.2) is 53.4 Å². The molecule has 0 spiro atoms. The second kappa shape index (κ2) is 5.25. The zero-order chi connectivity index (χ0) is 12.3. The highest BCUT2D eigenvalue weighted by Gasteiger charge is 2.09. The predicted octanol–water partition coefficient (Wildman–Crippen LogP) is 3.52. The van der Waals surface area contributed by atoms with Crippen LogP contribution in [-0.4, -0.2) is 10.8 Å². The fraction of sp³-hybridized carbons (Fsp3) is 0.143. The van der Waals surface area contributed by atoms with Crippen molar-refractivity contribution >= 4 is 11.2 Å². The lowest BCUT2D eigenvalue weighted by atomic mass is 10.2. The maximum absolute atomic E-state index is 11.4. The Balaban J connectivity index is 2.21. The highest BCUT2D eigenvalue weighted by molar-refractivity contribution is 7.90. The summed E-state index contributed by atoms with van der Waals surface area (Å²) in [5.74, 6) is 1.57. The average Bonchev–Trinajstić information content (AvgIpc) is 2.30. The molecule has 2 aromatic rings. The zero-order valence-electron chi connectivity index (χ0n) is 9.84. The molecular weight excluding hydrogens is 232 g/mol. The topological polar surface area (TPSA) is 32.3 Å². The first kappa shape index (κ1) is 12.0. The SMILES string of the molecule is Cc1cc(Oc2ccccc2)ccc1[S+](C)[O-]. The molecule has 0 aliphatic carbocycles. The van der Waals surface area contributed by atoms with Gasteiger partial charge in [0, 0.05) is 5.56 Å². The average molecular weight is 246 g/mol. The molecule has 1 unspecified atom stereocenters. The molecule has 2 nitrogen and oxygen atoms in total. The Hall–Kier alpha value is -1.45. The molecule has 0 amide bonds. The maximum Gasteiger partial charge on any atom is 0.155 e. The molecule has 0 aromatic heterocycles. The van der Waals surface area contributed by atoms with Gasteiger partial charge in [-0.05, 0) is 48.4 Å². The number of rotatable bonds is 3. The normalized spacial score (nSPS) is 12.2. The van der Waals surface area contributed by atoms with Crippen molar-refractivity contribution in [1.29, 1.82) is 0 Å². The summed E-state index contributed by atoms with van der Waals surface area (Å²) in [5.41, 5.74) is 0.985. The van der Waals surface area contributed by atoms with Crippen LogP contribution in [0.5, 0.6) is 11.5 Å². The van der Waals surface area contributed by atoms with Crippen molar-refractivity contribution in [2.45, 2.75) is 11.8 Å². The summed E-state index contributed by atoms with van der Waals surface area (Å²) in [6, 6.07) is 15.2. The number of para-hydroxylation sites is 1. The van der Waals surface area contributed by atoms with Crippen molar-refractivity contribution in [3.63, 3.8) is 0 Å². The van der Waals surface area contributed by atoms with Crippen LogP contribution in [0.3, 0.4) is 0 Å². The predicted molar refractivity (Wildman–Crippen MR) is 70.0 cm³/mol. The van der Waals surface area contributed by atoms with Gasteiger partial charge in [-0.3, -0.25) is 0 Å². The summed E-state index contributed by atoms with van der Waals surface area (Å²) >= 11 is -0.951. The van der Waals surface area contributed by atoms with Gasteiger partial charge in [0.05, 0.1) is 0 Å². The number of hydrogen-bond donors (Lipinski definition) is 0. The fourth-order valence-electron chi connectivity index (χ4n) is 1.63. The summed E-state index contributed by atoms with van der Waals surface area (Å²) in [6.45, 7) is 1.94. The van der Waals surface area contributed by atoms with Gasteiger partial charge in [-0.25, -0.2) is 0 Å². The highest BCUT2D eigenvalue weighted by Crippen LogP contribution is 2.25. The van der Waals surface area contributed by atoms with E-state index in [4.69, 9.17) is 4.74 Å². The van der Waals surface area contributed by atoms with Crippen molar-refractivity contribution in [2.24, 2.45) is 0 Å². The minimum absolute atomic E-state index is 0.767. The third-order valence-electron chi connectivity index (χ3n) is 2.43. The van der Waals surface area contributed by atoms with Crippen molar-refractivity contribution in [3.05, 3.63) is 54.1 Å². The Kier molecular flexibility index (Phi) is 3.71. The van der Waals surface area contributed by atoms with E-state index in [1.54, 1.807) is 6.26 Å². The molecule has 0 saturated heterocycles. The van der Waals surface area contributed by atoms with Gasteiger partial charge < -0.3 is 9.29 Å². The molecule has 0 aliphatic heterocycles. The van der Waals surface area contributed by atoms with Crippen molar-refractivity contribution < 1.29 is 9.29 Å². The number of aryl methyl sites for hydroxylation is 1. The highest BCUT2D eigenvalue weighted by atomic mass is 32.2. The van der Waals surface area contributed by atoms with Crippen molar-refractivity contribution in [2.75, 3.05) is 6.26 Å². The van der Waals surface area contributed by atoms with Crippen LogP contribution in [-0.2, 0) is 11.2 Å². The van der Waals surface area contributed by atoms with Crippen molar-refractivity contribution in [1.82, 2.24) is 0 Å². The van der Waals surface area contributed by atoms with E-state index in [0.717, 1.165) is 22.0 Å². The third-order valence-corrected chi connectivity index (χ3v) is 3.51. The van der Waals surface area contributed by atoms with E-state index in [2.05, 4.69) is 0 Å². The van der Waals surface area contributed by atoms with Crippen LogP contribution in [0.1, 0.15) is 5.56 Å². The molecule has 0 radical (unpaired) electrons. The lowest BCUT2D eigenvalue weighted by molar-refractivity contribution is 0.481. The molecule has 0 N–H and O–H groups in total. The second-order valence-corrected chi connectivity index (χ2v) is 5.14. The number of hydrogen-bond acceptors (Lipinski definition) is 2.